The molecule has 0 radical (unpaired) electrons. The first-order valence-corrected chi connectivity index (χ1v) is 18.2. The highest BCUT2D eigenvalue weighted by atomic mass is 16.6. The van der Waals surface area contributed by atoms with Crippen molar-refractivity contribution in [3.05, 3.63) is 71.3 Å². The first-order chi connectivity index (χ1) is 24.5. The third-order valence-electron chi connectivity index (χ3n) is 7.97. The average molecular weight is 719 g/mol. The van der Waals surface area contributed by atoms with Crippen molar-refractivity contribution in [3.8, 4) is 12.3 Å². The lowest BCUT2D eigenvalue weighted by Gasteiger charge is -2.36. The Morgan fingerprint density at radius 2 is 1.40 bits per heavy atom. The molecule has 3 unspecified atom stereocenters. The highest BCUT2D eigenvalue weighted by Crippen LogP contribution is 2.28. The van der Waals surface area contributed by atoms with Crippen LogP contribution in [0.1, 0.15) is 123 Å². The molecule has 4 N–H and O–H groups in total. The van der Waals surface area contributed by atoms with Crippen molar-refractivity contribution in [3.63, 3.8) is 0 Å². The van der Waals surface area contributed by atoms with Crippen molar-refractivity contribution < 1.29 is 33.4 Å². The summed E-state index contributed by atoms with van der Waals surface area (Å²) in [5.74, 6) is 0.0150. The minimum Gasteiger partial charge on any atom is -0.458 e. The summed E-state index contributed by atoms with van der Waals surface area (Å²) in [6.07, 6.45) is 10.2. The minimum atomic E-state index is -1.33. The van der Waals surface area contributed by atoms with E-state index in [1.54, 1.807) is 65.8 Å². The van der Waals surface area contributed by atoms with Gasteiger partial charge >= 0.3 is 12.1 Å². The monoisotopic (exact) mass is 718 g/mol. The molecule has 2 aromatic rings. The second kappa shape index (κ2) is 20.9. The Labute approximate surface area is 309 Å². The summed E-state index contributed by atoms with van der Waals surface area (Å²) in [6.45, 7) is 12.5. The van der Waals surface area contributed by atoms with Crippen molar-refractivity contribution >= 4 is 29.8 Å². The van der Waals surface area contributed by atoms with Crippen LogP contribution < -0.4 is 16.4 Å². The van der Waals surface area contributed by atoms with Gasteiger partial charge in [0.25, 0.3) is 0 Å². The fourth-order valence-corrected chi connectivity index (χ4v) is 5.61. The van der Waals surface area contributed by atoms with Gasteiger partial charge in [-0.05, 0) is 71.6 Å². The number of benzene rings is 2. The standard InChI is InChI=1S/C41H58N4O7/c1-9-11-12-13-14-20-27-45(37(48)32(25-26-34(42)46)44-39(50)52-41(6,7)8)35(31-24-19-18-23-30(31)10-2)36(47)43-33(38(49)51-40(3,4)5)28-29-21-16-15-17-22-29/h2,15-19,21-24,32-33,35H,9,11-14,20,25-28H2,1,3-8H3,(H2,42,46)(H,43,47)(H,44,50). The second-order valence-corrected chi connectivity index (χ2v) is 14.9. The number of nitrogens with two attached hydrogens (primary N) is 1. The van der Waals surface area contributed by atoms with Gasteiger partial charge in [0, 0.05) is 24.9 Å². The van der Waals surface area contributed by atoms with Crippen molar-refractivity contribution in [2.24, 2.45) is 5.73 Å². The number of rotatable bonds is 19. The number of esters is 1. The molecule has 0 aliphatic heterocycles. The lowest BCUT2D eigenvalue weighted by Crippen LogP contribution is -2.55. The predicted octanol–water partition coefficient (Wildman–Crippen LogP) is 6.13. The van der Waals surface area contributed by atoms with Crippen molar-refractivity contribution in [2.75, 3.05) is 6.54 Å². The van der Waals surface area contributed by atoms with Crippen LogP contribution in [0.2, 0.25) is 0 Å². The third-order valence-corrected chi connectivity index (χ3v) is 7.97. The zero-order valence-electron chi connectivity index (χ0n) is 32.0. The molecule has 3 atom stereocenters. The van der Waals surface area contributed by atoms with E-state index >= 15 is 0 Å². The smallest absolute Gasteiger partial charge is 0.408 e. The van der Waals surface area contributed by atoms with E-state index in [0.717, 1.165) is 37.7 Å². The number of terminal acetylenes is 1. The molecule has 0 heterocycles. The zero-order valence-corrected chi connectivity index (χ0v) is 32.0. The van der Waals surface area contributed by atoms with Crippen molar-refractivity contribution in [2.45, 2.75) is 136 Å². The van der Waals surface area contributed by atoms with Gasteiger partial charge in [-0.2, -0.15) is 0 Å². The molecule has 0 aromatic heterocycles. The van der Waals surface area contributed by atoms with Gasteiger partial charge in [0.2, 0.25) is 17.7 Å². The highest BCUT2D eigenvalue weighted by Gasteiger charge is 2.39. The number of hydrogen-bond donors (Lipinski definition) is 3. The van der Waals surface area contributed by atoms with Crippen LogP contribution in [0.25, 0.3) is 0 Å². The molecule has 284 valence electrons. The number of alkyl carbamates (subject to hydrolysis) is 1. The Morgan fingerprint density at radius 3 is 2.00 bits per heavy atom. The van der Waals surface area contributed by atoms with Gasteiger partial charge in [-0.15, -0.1) is 6.42 Å². The van der Waals surface area contributed by atoms with Crippen LogP contribution in [-0.2, 0) is 35.1 Å². The molecule has 0 saturated heterocycles. The van der Waals surface area contributed by atoms with E-state index in [2.05, 4.69) is 23.5 Å². The van der Waals surface area contributed by atoms with Crippen LogP contribution in [0.4, 0.5) is 4.79 Å². The summed E-state index contributed by atoms with van der Waals surface area (Å²) in [5.41, 5.74) is 5.28. The SMILES string of the molecule is C#Cc1ccccc1C(C(=O)NC(Cc1ccccc1)C(=O)OC(C)(C)C)N(CCCCCCCC)C(=O)C(CCC(N)=O)NC(=O)OC(C)(C)C. The van der Waals surface area contributed by atoms with E-state index in [1.807, 2.05) is 30.3 Å². The molecule has 0 aliphatic rings. The van der Waals surface area contributed by atoms with Gasteiger partial charge in [0.05, 0.1) is 0 Å². The van der Waals surface area contributed by atoms with E-state index < -0.39 is 59.1 Å². The Morgan fingerprint density at radius 1 is 0.808 bits per heavy atom. The summed E-state index contributed by atoms with van der Waals surface area (Å²) in [4.78, 5) is 69.4. The molecule has 0 saturated carbocycles. The van der Waals surface area contributed by atoms with Crippen LogP contribution in [-0.4, -0.2) is 64.5 Å². The normalized spacial score (nSPS) is 13.1. The zero-order chi connectivity index (χ0) is 38.9. The number of carbonyl (C=O) groups excluding carboxylic acids is 5. The van der Waals surface area contributed by atoms with Gasteiger partial charge in [-0.1, -0.05) is 93.5 Å². The maximum absolute atomic E-state index is 14.7. The highest BCUT2D eigenvalue weighted by molar-refractivity contribution is 5.94. The van der Waals surface area contributed by atoms with Gasteiger partial charge in [-0.3, -0.25) is 14.4 Å². The molecule has 0 fully saturated rings. The van der Waals surface area contributed by atoms with Gasteiger partial charge in [0.15, 0.2) is 0 Å². The largest absolute Gasteiger partial charge is 0.458 e. The van der Waals surface area contributed by atoms with Crippen LogP contribution >= 0.6 is 0 Å². The summed E-state index contributed by atoms with van der Waals surface area (Å²) < 4.78 is 11.2. The third kappa shape index (κ3) is 15.6. The molecular weight excluding hydrogens is 660 g/mol. The van der Waals surface area contributed by atoms with Crippen LogP contribution in [0, 0.1) is 12.3 Å². The first-order valence-electron chi connectivity index (χ1n) is 18.2. The topological polar surface area (TPSA) is 157 Å². The minimum absolute atomic E-state index is 0.112. The summed E-state index contributed by atoms with van der Waals surface area (Å²) in [7, 11) is 0. The van der Waals surface area contributed by atoms with Crippen LogP contribution in [0.5, 0.6) is 0 Å². The lowest BCUT2D eigenvalue weighted by atomic mass is 9.96. The molecule has 0 bridgehead atoms. The quantitative estimate of drug-likeness (QED) is 0.0897. The number of nitrogens with zero attached hydrogens (tertiary/aromatic N) is 1. The number of hydrogen-bond acceptors (Lipinski definition) is 7. The van der Waals surface area contributed by atoms with Crippen molar-refractivity contribution in [1.82, 2.24) is 15.5 Å². The van der Waals surface area contributed by atoms with Crippen molar-refractivity contribution in [1.29, 1.82) is 0 Å². The van der Waals surface area contributed by atoms with E-state index in [9.17, 15) is 24.0 Å². The molecule has 0 aliphatic carbocycles. The van der Waals surface area contributed by atoms with Crippen LogP contribution in [0.15, 0.2) is 54.6 Å². The number of nitrogens with one attached hydrogen (secondary N) is 2. The summed E-state index contributed by atoms with van der Waals surface area (Å²) >= 11 is 0. The molecular formula is C41H58N4O7. The molecule has 11 nitrogen and oxygen atoms in total. The maximum Gasteiger partial charge on any atom is 0.408 e. The lowest BCUT2D eigenvalue weighted by molar-refractivity contribution is -0.159. The Kier molecular flexibility index (Phi) is 17.4. The number of unbranched alkanes of at least 4 members (excludes halogenated alkanes) is 5. The first kappa shape index (κ1) is 43.3. The van der Waals surface area contributed by atoms with E-state index in [1.165, 1.54) is 4.90 Å². The van der Waals surface area contributed by atoms with E-state index in [-0.39, 0.29) is 25.8 Å². The van der Waals surface area contributed by atoms with Crippen LogP contribution in [0.3, 0.4) is 0 Å². The molecule has 11 heteroatoms. The van der Waals surface area contributed by atoms with E-state index in [0.29, 0.717) is 17.5 Å². The summed E-state index contributed by atoms with van der Waals surface area (Å²) in [5, 5.41) is 5.50. The molecule has 2 rings (SSSR count). The fraction of sp³-hybridized carbons (Fsp3) is 0.537. The summed E-state index contributed by atoms with van der Waals surface area (Å²) in [6, 6.07) is 12.3. The molecule has 0 spiro atoms. The maximum atomic E-state index is 14.7. The molecule has 4 amide bonds. The van der Waals surface area contributed by atoms with E-state index in [4.69, 9.17) is 21.6 Å². The molecule has 2 aromatic carbocycles. The Bertz CT molecular complexity index is 1520. The number of amides is 4. The number of ether oxygens (including phenoxy) is 2. The number of primary amides is 1. The van der Waals surface area contributed by atoms with Gasteiger partial charge in [-0.25, -0.2) is 9.59 Å². The average Bonchev–Trinajstić information content (AvgIpc) is 3.05. The fourth-order valence-electron chi connectivity index (χ4n) is 5.61. The van der Waals surface area contributed by atoms with Gasteiger partial charge < -0.3 is 30.7 Å². The predicted molar refractivity (Wildman–Crippen MR) is 202 cm³/mol. The number of carbonyl (C=O) groups is 5. The Balaban J connectivity index is 2.70. The Hall–Kier alpha value is -4.85. The second-order valence-electron chi connectivity index (χ2n) is 14.9. The molecule has 52 heavy (non-hydrogen) atoms. The van der Waals surface area contributed by atoms with Gasteiger partial charge in [0.1, 0.15) is 29.3 Å².